The Balaban J connectivity index is 1.50. The molecular weight excluding hydrogens is 481 g/mol. The van der Waals surface area contributed by atoms with Crippen LogP contribution in [0.15, 0.2) is 51.8 Å². The van der Waals surface area contributed by atoms with E-state index in [2.05, 4.69) is 15.9 Å². The van der Waals surface area contributed by atoms with Gasteiger partial charge in [-0.15, -0.1) is 0 Å². The predicted octanol–water partition coefficient (Wildman–Crippen LogP) is 6.78. The lowest BCUT2D eigenvalue weighted by molar-refractivity contribution is -0.123. The van der Waals surface area contributed by atoms with E-state index in [1.165, 1.54) is 36.3 Å². The zero-order chi connectivity index (χ0) is 21.8. The molecule has 7 heteroatoms. The second-order valence-electron chi connectivity index (χ2n) is 7.89. The molecule has 1 aliphatic heterocycles. The number of thioether (sulfide) groups is 1. The molecule has 0 N–H and O–H groups in total. The van der Waals surface area contributed by atoms with Crippen molar-refractivity contribution in [2.24, 2.45) is 5.92 Å². The molecule has 2 aromatic carbocycles. The van der Waals surface area contributed by atoms with Crippen LogP contribution in [0.1, 0.15) is 43.2 Å². The van der Waals surface area contributed by atoms with E-state index >= 15 is 0 Å². The molecule has 2 aromatic rings. The zero-order valence-corrected chi connectivity index (χ0v) is 19.4. The molecule has 1 saturated heterocycles. The molecule has 162 valence electrons. The SMILES string of the molecule is O=C1S/C(=C/c2cc(Br)ccc2OCc2ccc(F)cc2)C(=O)N1CC1CCCCC1. The van der Waals surface area contributed by atoms with Gasteiger partial charge in [-0.2, -0.15) is 0 Å². The molecule has 0 radical (unpaired) electrons. The monoisotopic (exact) mass is 503 g/mol. The summed E-state index contributed by atoms with van der Waals surface area (Å²) in [4.78, 5) is 27.2. The minimum atomic E-state index is -0.294. The summed E-state index contributed by atoms with van der Waals surface area (Å²) in [5, 5.41) is -0.203. The largest absolute Gasteiger partial charge is 0.488 e. The Bertz CT molecular complexity index is 1000. The molecule has 2 aliphatic rings. The first kappa shape index (κ1) is 22.1. The fourth-order valence-corrected chi connectivity index (χ4v) is 5.15. The van der Waals surface area contributed by atoms with Crippen LogP contribution in [0.2, 0.25) is 0 Å². The first-order valence-electron chi connectivity index (χ1n) is 10.4. The van der Waals surface area contributed by atoms with Crippen molar-refractivity contribution in [1.82, 2.24) is 4.90 Å². The smallest absolute Gasteiger partial charge is 0.293 e. The third kappa shape index (κ3) is 5.57. The van der Waals surface area contributed by atoms with Gasteiger partial charge in [0.2, 0.25) is 0 Å². The van der Waals surface area contributed by atoms with E-state index in [1.54, 1.807) is 18.2 Å². The number of nitrogens with zero attached hydrogens (tertiary/aromatic N) is 1. The Morgan fingerprint density at radius 3 is 2.58 bits per heavy atom. The van der Waals surface area contributed by atoms with Crippen LogP contribution in [0, 0.1) is 11.7 Å². The predicted molar refractivity (Wildman–Crippen MR) is 124 cm³/mol. The molecule has 2 fully saturated rings. The van der Waals surface area contributed by atoms with Crippen molar-refractivity contribution in [2.45, 2.75) is 38.7 Å². The molecule has 1 heterocycles. The Labute approximate surface area is 194 Å². The number of benzene rings is 2. The zero-order valence-electron chi connectivity index (χ0n) is 17.0. The molecule has 1 saturated carbocycles. The summed E-state index contributed by atoms with van der Waals surface area (Å²) >= 11 is 4.44. The molecular formula is C24H23BrFNO3S. The van der Waals surface area contributed by atoms with Gasteiger partial charge in [0.1, 0.15) is 18.2 Å². The van der Waals surface area contributed by atoms with E-state index in [-0.39, 0.29) is 23.6 Å². The Morgan fingerprint density at radius 2 is 1.84 bits per heavy atom. The topological polar surface area (TPSA) is 46.6 Å². The van der Waals surface area contributed by atoms with E-state index in [0.29, 0.717) is 28.7 Å². The summed E-state index contributed by atoms with van der Waals surface area (Å²) < 4.78 is 19.9. The normalized spacial score (nSPS) is 18.8. The second kappa shape index (κ2) is 10.0. The van der Waals surface area contributed by atoms with Gasteiger partial charge in [-0.25, -0.2) is 4.39 Å². The van der Waals surface area contributed by atoms with Gasteiger partial charge in [-0.05, 0) is 72.5 Å². The van der Waals surface area contributed by atoms with Crippen molar-refractivity contribution in [1.29, 1.82) is 0 Å². The van der Waals surface area contributed by atoms with E-state index in [1.807, 2.05) is 18.2 Å². The molecule has 2 amide bonds. The highest BCUT2D eigenvalue weighted by Gasteiger charge is 2.36. The van der Waals surface area contributed by atoms with Crippen LogP contribution < -0.4 is 4.74 Å². The number of carbonyl (C=O) groups excluding carboxylic acids is 2. The molecule has 0 spiro atoms. The number of hydrogen-bond acceptors (Lipinski definition) is 4. The van der Waals surface area contributed by atoms with Crippen LogP contribution in [0.5, 0.6) is 5.75 Å². The lowest BCUT2D eigenvalue weighted by Crippen LogP contribution is -2.34. The maximum absolute atomic E-state index is 13.1. The summed E-state index contributed by atoms with van der Waals surface area (Å²) in [6.45, 7) is 0.778. The number of carbonyl (C=O) groups is 2. The third-order valence-electron chi connectivity index (χ3n) is 5.61. The highest BCUT2D eigenvalue weighted by Crippen LogP contribution is 2.36. The lowest BCUT2D eigenvalue weighted by atomic mass is 9.89. The number of rotatable bonds is 6. The molecule has 1 aliphatic carbocycles. The van der Waals surface area contributed by atoms with Crippen molar-refractivity contribution < 1.29 is 18.7 Å². The molecule has 0 aromatic heterocycles. The number of halogens is 2. The van der Waals surface area contributed by atoms with Gasteiger partial charge >= 0.3 is 0 Å². The van der Waals surface area contributed by atoms with Crippen LogP contribution >= 0.6 is 27.7 Å². The number of hydrogen-bond donors (Lipinski definition) is 0. The van der Waals surface area contributed by atoms with Crippen LogP contribution in [0.25, 0.3) is 6.08 Å². The van der Waals surface area contributed by atoms with Crippen LogP contribution in [0.3, 0.4) is 0 Å². The van der Waals surface area contributed by atoms with Crippen molar-refractivity contribution in [3.05, 3.63) is 68.8 Å². The number of ether oxygens (including phenoxy) is 1. The first-order valence-corrected chi connectivity index (χ1v) is 12.0. The molecule has 4 rings (SSSR count). The maximum atomic E-state index is 13.1. The molecule has 4 nitrogen and oxygen atoms in total. The van der Waals surface area contributed by atoms with Crippen molar-refractivity contribution >= 4 is 44.9 Å². The van der Waals surface area contributed by atoms with Crippen LogP contribution in [0.4, 0.5) is 9.18 Å². The Morgan fingerprint density at radius 1 is 1.10 bits per heavy atom. The van der Waals surface area contributed by atoms with Crippen molar-refractivity contribution in [3.63, 3.8) is 0 Å². The summed E-state index contributed by atoms with van der Waals surface area (Å²) in [7, 11) is 0. The van der Waals surface area contributed by atoms with E-state index in [9.17, 15) is 14.0 Å². The van der Waals surface area contributed by atoms with Crippen LogP contribution in [-0.2, 0) is 11.4 Å². The second-order valence-corrected chi connectivity index (χ2v) is 9.80. The Hall–Kier alpha value is -2.12. The molecule has 0 atom stereocenters. The number of amides is 2. The quantitative estimate of drug-likeness (QED) is 0.407. The van der Waals surface area contributed by atoms with Crippen molar-refractivity contribution in [2.75, 3.05) is 6.54 Å². The van der Waals surface area contributed by atoms with Gasteiger partial charge in [0.05, 0.1) is 4.91 Å². The van der Waals surface area contributed by atoms with Gasteiger partial charge in [0, 0.05) is 16.6 Å². The van der Waals surface area contributed by atoms with E-state index in [0.717, 1.165) is 34.6 Å². The van der Waals surface area contributed by atoms with E-state index < -0.39 is 0 Å². The fraction of sp³-hybridized carbons (Fsp3) is 0.333. The number of imide groups is 1. The van der Waals surface area contributed by atoms with Gasteiger partial charge in [-0.3, -0.25) is 14.5 Å². The first-order chi connectivity index (χ1) is 15.0. The standard InChI is InChI=1S/C24H23BrFNO3S/c25-19-8-11-21(30-15-17-6-9-20(26)10-7-17)18(12-19)13-22-23(28)27(24(29)31-22)14-16-4-2-1-3-5-16/h6-13,16H,1-5,14-15H2/b22-13+. The van der Waals surface area contributed by atoms with Crippen LogP contribution in [-0.4, -0.2) is 22.6 Å². The van der Waals surface area contributed by atoms with Gasteiger partial charge in [0.15, 0.2) is 0 Å². The highest BCUT2D eigenvalue weighted by molar-refractivity contribution is 9.10. The summed E-state index contributed by atoms with van der Waals surface area (Å²) in [6, 6.07) is 11.6. The summed E-state index contributed by atoms with van der Waals surface area (Å²) in [5.74, 6) is 0.468. The van der Waals surface area contributed by atoms with E-state index in [4.69, 9.17) is 4.74 Å². The van der Waals surface area contributed by atoms with Gasteiger partial charge in [-0.1, -0.05) is 47.3 Å². The summed E-state index contributed by atoms with van der Waals surface area (Å²) in [5.41, 5.74) is 1.54. The third-order valence-corrected chi connectivity index (χ3v) is 7.01. The average molecular weight is 504 g/mol. The minimum absolute atomic E-state index is 0.203. The molecule has 0 unspecified atom stereocenters. The average Bonchev–Trinajstić information content (AvgIpc) is 3.02. The fourth-order valence-electron chi connectivity index (χ4n) is 3.93. The highest BCUT2D eigenvalue weighted by atomic mass is 79.9. The lowest BCUT2D eigenvalue weighted by Gasteiger charge is -2.25. The molecule has 31 heavy (non-hydrogen) atoms. The van der Waals surface area contributed by atoms with Gasteiger partial charge < -0.3 is 4.74 Å². The minimum Gasteiger partial charge on any atom is -0.488 e. The molecule has 0 bridgehead atoms. The Kier molecular flexibility index (Phi) is 7.13. The maximum Gasteiger partial charge on any atom is 0.293 e. The summed E-state index contributed by atoms with van der Waals surface area (Å²) in [6.07, 6.45) is 7.45. The van der Waals surface area contributed by atoms with Gasteiger partial charge in [0.25, 0.3) is 11.1 Å². The van der Waals surface area contributed by atoms with Crippen molar-refractivity contribution in [3.8, 4) is 5.75 Å².